The molecule has 0 aliphatic carbocycles. The molecule has 0 radical (unpaired) electrons. The Bertz CT molecular complexity index is 501. The summed E-state index contributed by atoms with van der Waals surface area (Å²) in [5.74, 6) is 1.76. The standard InChI is InChI=1S/C16H20BrNO2/c17-7-5-12-2-1-8-18(11-12)16(19)14-3-4-15-13(10-14)6-9-20-15/h3-4,10,12H,1-2,5-9,11H2. The molecular weight excluding hydrogens is 318 g/mol. The predicted molar refractivity (Wildman–Crippen MR) is 82.7 cm³/mol. The summed E-state index contributed by atoms with van der Waals surface area (Å²) in [4.78, 5) is 14.6. The molecule has 2 aliphatic rings. The fourth-order valence-electron chi connectivity index (χ4n) is 3.14. The van der Waals surface area contributed by atoms with E-state index in [0.717, 1.165) is 55.6 Å². The van der Waals surface area contributed by atoms with Crippen molar-refractivity contribution in [3.8, 4) is 5.75 Å². The number of piperidine rings is 1. The second-order valence-electron chi connectivity index (χ2n) is 5.66. The topological polar surface area (TPSA) is 29.5 Å². The number of likely N-dealkylation sites (tertiary alicyclic amines) is 1. The van der Waals surface area contributed by atoms with Gasteiger partial charge >= 0.3 is 0 Å². The van der Waals surface area contributed by atoms with Gasteiger partial charge < -0.3 is 9.64 Å². The molecule has 108 valence electrons. The maximum atomic E-state index is 12.6. The summed E-state index contributed by atoms with van der Waals surface area (Å²) in [6.45, 7) is 2.53. The van der Waals surface area contributed by atoms with Crippen LogP contribution in [0.2, 0.25) is 0 Å². The molecule has 0 aromatic heterocycles. The lowest BCUT2D eigenvalue weighted by Gasteiger charge is -2.32. The molecule has 3 rings (SSSR count). The number of carbonyl (C=O) groups excluding carboxylic acids is 1. The quantitative estimate of drug-likeness (QED) is 0.792. The van der Waals surface area contributed by atoms with Gasteiger partial charge in [0, 0.05) is 30.4 Å². The van der Waals surface area contributed by atoms with E-state index in [1.54, 1.807) is 0 Å². The molecule has 1 aromatic carbocycles. The molecule has 0 bridgehead atoms. The summed E-state index contributed by atoms with van der Waals surface area (Å²) in [6, 6.07) is 5.86. The highest BCUT2D eigenvalue weighted by Gasteiger charge is 2.25. The van der Waals surface area contributed by atoms with Crippen LogP contribution in [-0.2, 0) is 6.42 Å². The molecule has 0 saturated carbocycles. The number of benzene rings is 1. The molecule has 2 heterocycles. The lowest BCUT2D eigenvalue weighted by Crippen LogP contribution is -2.40. The molecule has 1 fully saturated rings. The fourth-order valence-corrected chi connectivity index (χ4v) is 3.79. The summed E-state index contributed by atoms with van der Waals surface area (Å²) in [5, 5.41) is 1.02. The monoisotopic (exact) mass is 337 g/mol. The summed E-state index contributed by atoms with van der Waals surface area (Å²) in [7, 11) is 0. The number of fused-ring (bicyclic) bond motifs is 1. The van der Waals surface area contributed by atoms with Crippen LogP contribution in [0.4, 0.5) is 0 Å². The first-order valence-corrected chi connectivity index (χ1v) is 8.51. The number of ether oxygens (including phenoxy) is 1. The van der Waals surface area contributed by atoms with Crippen molar-refractivity contribution >= 4 is 21.8 Å². The second kappa shape index (κ2) is 6.17. The lowest BCUT2D eigenvalue weighted by molar-refractivity contribution is 0.0672. The van der Waals surface area contributed by atoms with Gasteiger partial charge in [-0.2, -0.15) is 0 Å². The number of amides is 1. The van der Waals surface area contributed by atoms with Crippen molar-refractivity contribution in [2.24, 2.45) is 5.92 Å². The molecule has 1 atom stereocenters. The van der Waals surface area contributed by atoms with Gasteiger partial charge in [0.15, 0.2) is 0 Å². The van der Waals surface area contributed by atoms with E-state index in [4.69, 9.17) is 4.74 Å². The Hall–Kier alpha value is -1.03. The zero-order valence-electron chi connectivity index (χ0n) is 11.6. The van der Waals surface area contributed by atoms with Gasteiger partial charge in [0.1, 0.15) is 5.75 Å². The highest BCUT2D eigenvalue weighted by Crippen LogP contribution is 2.27. The lowest BCUT2D eigenvalue weighted by atomic mass is 9.95. The maximum Gasteiger partial charge on any atom is 0.253 e. The first kappa shape index (κ1) is 13.9. The predicted octanol–water partition coefficient (Wildman–Crippen LogP) is 3.26. The Labute approximate surface area is 128 Å². The van der Waals surface area contributed by atoms with Gasteiger partial charge in [-0.1, -0.05) is 15.9 Å². The molecule has 1 unspecified atom stereocenters. The van der Waals surface area contributed by atoms with Gasteiger partial charge in [0.2, 0.25) is 0 Å². The van der Waals surface area contributed by atoms with Gasteiger partial charge in [0.25, 0.3) is 5.91 Å². The molecular formula is C16H20BrNO2. The van der Waals surface area contributed by atoms with E-state index in [-0.39, 0.29) is 5.91 Å². The average molecular weight is 338 g/mol. The Morgan fingerprint density at radius 3 is 3.20 bits per heavy atom. The molecule has 1 aromatic rings. The third kappa shape index (κ3) is 2.85. The fraction of sp³-hybridized carbons (Fsp3) is 0.562. The summed E-state index contributed by atoms with van der Waals surface area (Å²) >= 11 is 3.50. The minimum Gasteiger partial charge on any atom is -0.493 e. The van der Waals surface area contributed by atoms with Crippen LogP contribution >= 0.6 is 15.9 Å². The van der Waals surface area contributed by atoms with Gasteiger partial charge in [-0.25, -0.2) is 0 Å². The minimum atomic E-state index is 0.180. The van der Waals surface area contributed by atoms with E-state index in [9.17, 15) is 4.79 Å². The van der Waals surface area contributed by atoms with Crippen LogP contribution in [0.15, 0.2) is 18.2 Å². The highest BCUT2D eigenvalue weighted by atomic mass is 79.9. The van der Waals surface area contributed by atoms with Gasteiger partial charge in [0.05, 0.1) is 6.61 Å². The van der Waals surface area contributed by atoms with Gasteiger partial charge in [-0.3, -0.25) is 4.79 Å². The zero-order chi connectivity index (χ0) is 13.9. The Morgan fingerprint density at radius 2 is 2.35 bits per heavy atom. The summed E-state index contributed by atoms with van der Waals surface area (Å²) in [5.41, 5.74) is 1.98. The normalized spacial score (nSPS) is 21.4. The highest BCUT2D eigenvalue weighted by molar-refractivity contribution is 9.09. The van der Waals surface area contributed by atoms with Gasteiger partial charge in [-0.15, -0.1) is 0 Å². The molecule has 2 aliphatic heterocycles. The van der Waals surface area contributed by atoms with Crippen LogP contribution in [0.1, 0.15) is 35.2 Å². The number of halogens is 1. The van der Waals surface area contributed by atoms with E-state index in [2.05, 4.69) is 15.9 Å². The van der Waals surface area contributed by atoms with Crippen molar-refractivity contribution < 1.29 is 9.53 Å². The van der Waals surface area contributed by atoms with Crippen LogP contribution < -0.4 is 4.74 Å². The van der Waals surface area contributed by atoms with Crippen LogP contribution in [0.25, 0.3) is 0 Å². The van der Waals surface area contributed by atoms with E-state index < -0.39 is 0 Å². The maximum absolute atomic E-state index is 12.6. The molecule has 1 amide bonds. The molecule has 4 heteroatoms. The van der Waals surface area contributed by atoms with Gasteiger partial charge in [-0.05, 0) is 48.9 Å². The third-order valence-corrected chi connectivity index (χ3v) is 4.72. The molecule has 0 N–H and O–H groups in total. The Balaban J connectivity index is 1.72. The van der Waals surface area contributed by atoms with E-state index in [1.165, 1.54) is 12.0 Å². The van der Waals surface area contributed by atoms with Crippen LogP contribution in [0, 0.1) is 5.92 Å². The smallest absolute Gasteiger partial charge is 0.253 e. The zero-order valence-corrected chi connectivity index (χ0v) is 13.2. The van der Waals surface area contributed by atoms with E-state index >= 15 is 0 Å². The SMILES string of the molecule is O=C(c1ccc2c(c1)CCO2)N1CCCC(CCBr)C1. The van der Waals surface area contributed by atoms with Crippen molar-refractivity contribution in [1.29, 1.82) is 0 Å². The van der Waals surface area contributed by atoms with E-state index in [1.807, 2.05) is 23.1 Å². The minimum absolute atomic E-state index is 0.180. The van der Waals surface area contributed by atoms with Crippen molar-refractivity contribution in [1.82, 2.24) is 4.90 Å². The van der Waals surface area contributed by atoms with Crippen molar-refractivity contribution in [2.45, 2.75) is 25.7 Å². The second-order valence-corrected chi connectivity index (χ2v) is 6.45. The largest absolute Gasteiger partial charge is 0.493 e. The van der Waals surface area contributed by atoms with Crippen LogP contribution in [0.5, 0.6) is 5.75 Å². The van der Waals surface area contributed by atoms with Crippen molar-refractivity contribution in [2.75, 3.05) is 25.0 Å². The third-order valence-electron chi connectivity index (χ3n) is 4.26. The van der Waals surface area contributed by atoms with Crippen molar-refractivity contribution in [3.63, 3.8) is 0 Å². The molecule has 0 spiro atoms. The summed E-state index contributed by atoms with van der Waals surface area (Å²) in [6.07, 6.45) is 4.44. The number of hydrogen-bond donors (Lipinski definition) is 0. The number of nitrogens with zero attached hydrogens (tertiary/aromatic N) is 1. The Morgan fingerprint density at radius 1 is 1.45 bits per heavy atom. The Kier molecular flexibility index (Phi) is 4.29. The molecule has 3 nitrogen and oxygen atoms in total. The first-order chi connectivity index (χ1) is 9.78. The molecule has 20 heavy (non-hydrogen) atoms. The van der Waals surface area contributed by atoms with Crippen molar-refractivity contribution in [3.05, 3.63) is 29.3 Å². The molecule has 1 saturated heterocycles. The number of alkyl halides is 1. The number of carbonyl (C=O) groups is 1. The number of hydrogen-bond acceptors (Lipinski definition) is 2. The van der Waals surface area contributed by atoms with Crippen LogP contribution in [-0.4, -0.2) is 35.8 Å². The van der Waals surface area contributed by atoms with E-state index in [0.29, 0.717) is 5.92 Å². The average Bonchev–Trinajstić information content (AvgIpc) is 2.94. The number of rotatable bonds is 3. The van der Waals surface area contributed by atoms with Crippen LogP contribution in [0.3, 0.4) is 0 Å². The summed E-state index contributed by atoms with van der Waals surface area (Å²) < 4.78 is 5.50. The first-order valence-electron chi connectivity index (χ1n) is 7.39.